The molecule has 1 saturated carbocycles. The molecule has 1 fully saturated rings. The van der Waals surface area contributed by atoms with Gasteiger partial charge in [0.25, 0.3) is 0 Å². The number of nitrogens with one attached hydrogen (secondary N) is 1. The van der Waals surface area contributed by atoms with E-state index in [1.54, 1.807) is 12.1 Å². The van der Waals surface area contributed by atoms with E-state index in [1.807, 2.05) is 44.2 Å². The van der Waals surface area contributed by atoms with Crippen molar-refractivity contribution in [3.8, 4) is 5.75 Å². The number of rotatable bonds is 6. The van der Waals surface area contributed by atoms with Crippen LogP contribution in [-0.2, 0) is 0 Å². The monoisotopic (exact) mass is 435 g/mol. The molecule has 4 rings (SSSR count). The number of anilines is 2. The summed E-state index contributed by atoms with van der Waals surface area (Å²) in [5, 5.41) is 12.9. The quantitative estimate of drug-likeness (QED) is 0.453. The maximum Gasteiger partial charge on any atom is 0.335 e. The average Bonchev–Trinajstić information content (AvgIpc) is 3.04. The van der Waals surface area contributed by atoms with E-state index < -0.39 is 5.97 Å². The molecule has 0 spiro atoms. The van der Waals surface area contributed by atoms with E-state index in [9.17, 15) is 9.90 Å². The Balaban J connectivity index is 1.74. The zero-order valence-corrected chi connectivity index (χ0v) is 19.6. The normalized spacial score (nSPS) is 20.4. The van der Waals surface area contributed by atoms with Gasteiger partial charge in [-0.1, -0.05) is 20.8 Å². The van der Waals surface area contributed by atoms with Crippen molar-refractivity contribution in [1.82, 2.24) is 9.55 Å². The van der Waals surface area contributed by atoms with Gasteiger partial charge in [0.1, 0.15) is 5.75 Å². The van der Waals surface area contributed by atoms with Crippen LogP contribution in [0.25, 0.3) is 11.0 Å². The lowest BCUT2D eigenvalue weighted by Crippen LogP contribution is -2.29. The fraction of sp³-hybridized carbons (Fsp3) is 0.462. The lowest BCUT2D eigenvalue weighted by Gasteiger charge is -2.40. The number of hydrogen-bond donors (Lipinski definition) is 2. The van der Waals surface area contributed by atoms with Crippen LogP contribution in [0.4, 0.5) is 11.6 Å². The predicted molar refractivity (Wildman–Crippen MR) is 128 cm³/mol. The van der Waals surface area contributed by atoms with Gasteiger partial charge < -0.3 is 19.7 Å². The number of nitrogens with zero attached hydrogens (tertiary/aromatic N) is 2. The van der Waals surface area contributed by atoms with Gasteiger partial charge in [0, 0.05) is 11.7 Å². The average molecular weight is 436 g/mol. The van der Waals surface area contributed by atoms with E-state index >= 15 is 0 Å². The Morgan fingerprint density at radius 3 is 2.53 bits per heavy atom. The van der Waals surface area contributed by atoms with Crippen molar-refractivity contribution in [2.75, 3.05) is 5.32 Å². The number of carboxylic acids is 1. The molecule has 2 unspecified atom stereocenters. The Hall–Kier alpha value is -3.02. The molecule has 0 bridgehead atoms. The fourth-order valence-electron chi connectivity index (χ4n) is 5.20. The summed E-state index contributed by atoms with van der Waals surface area (Å²) in [7, 11) is 0. The predicted octanol–water partition coefficient (Wildman–Crippen LogP) is 6.65. The highest BCUT2D eigenvalue weighted by atomic mass is 16.5. The minimum Gasteiger partial charge on any atom is -0.491 e. The Bertz CT molecular complexity index is 1120. The highest BCUT2D eigenvalue weighted by Gasteiger charge is 2.34. The third-order valence-corrected chi connectivity index (χ3v) is 6.15. The molecule has 1 aliphatic rings. The van der Waals surface area contributed by atoms with E-state index in [0.717, 1.165) is 35.7 Å². The maximum absolute atomic E-state index is 11.5. The highest BCUT2D eigenvalue weighted by Crippen LogP contribution is 2.46. The first-order chi connectivity index (χ1) is 15.1. The van der Waals surface area contributed by atoms with Gasteiger partial charge in [0.2, 0.25) is 5.95 Å². The first-order valence-electron chi connectivity index (χ1n) is 11.4. The number of imidazole rings is 1. The van der Waals surface area contributed by atoms with Crippen LogP contribution in [0.5, 0.6) is 5.75 Å². The van der Waals surface area contributed by atoms with Crippen molar-refractivity contribution in [1.29, 1.82) is 0 Å². The van der Waals surface area contributed by atoms with E-state index in [4.69, 9.17) is 9.72 Å². The molecule has 170 valence electrons. The Kier molecular flexibility index (Phi) is 5.89. The van der Waals surface area contributed by atoms with Crippen LogP contribution in [0, 0.1) is 11.3 Å². The molecule has 1 aliphatic carbocycles. The van der Waals surface area contributed by atoms with Gasteiger partial charge >= 0.3 is 5.97 Å². The Morgan fingerprint density at radius 2 is 1.91 bits per heavy atom. The first-order valence-corrected chi connectivity index (χ1v) is 11.4. The van der Waals surface area contributed by atoms with E-state index in [2.05, 4.69) is 30.7 Å². The van der Waals surface area contributed by atoms with Crippen LogP contribution in [0.1, 0.15) is 70.3 Å². The van der Waals surface area contributed by atoms with Crippen molar-refractivity contribution in [2.45, 2.75) is 66.0 Å². The standard InChI is InChI=1S/C26H33N3O3/c1-16(2)32-21-9-7-19(8-10-21)27-25-28-22-13-18(24(30)31)6-11-23(22)29(25)20-12-17(3)14-26(4,5)15-20/h6-11,13,16-17,20H,12,14-15H2,1-5H3,(H,27,28)(H,30,31). The van der Waals surface area contributed by atoms with Crippen molar-refractivity contribution in [3.05, 3.63) is 48.0 Å². The lowest BCUT2D eigenvalue weighted by atomic mass is 9.70. The smallest absolute Gasteiger partial charge is 0.335 e. The van der Waals surface area contributed by atoms with Gasteiger partial charge in [-0.3, -0.25) is 0 Å². The Labute approximate surface area is 189 Å². The molecule has 0 amide bonds. The summed E-state index contributed by atoms with van der Waals surface area (Å²) in [5.74, 6) is 1.24. The number of aromatic carboxylic acids is 1. The van der Waals surface area contributed by atoms with Gasteiger partial charge in [-0.05, 0) is 86.9 Å². The van der Waals surface area contributed by atoms with Crippen LogP contribution in [0.15, 0.2) is 42.5 Å². The van der Waals surface area contributed by atoms with Crippen molar-refractivity contribution < 1.29 is 14.6 Å². The topological polar surface area (TPSA) is 76.4 Å². The minimum absolute atomic E-state index is 0.123. The number of carboxylic acid groups (broad SMARTS) is 1. The highest BCUT2D eigenvalue weighted by molar-refractivity contribution is 5.93. The van der Waals surface area contributed by atoms with Crippen LogP contribution in [0.3, 0.4) is 0 Å². The second-order valence-electron chi connectivity index (χ2n) is 10.2. The number of ether oxygens (including phenoxy) is 1. The summed E-state index contributed by atoms with van der Waals surface area (Å²) in [6.45, 7) is 11.0. The van der Waals surface area contributed by atoms with Gasteiger partial charge in [0.05, 0.1) is 22.7 Å². The van der Waals surface area contributed by atoms with Crippen LogP contribution < -0.4 is 10.1 Å². The molecule has 1 aromatic heterocycles. The molecule has 0 aliphatic heterocycles. The van der Waals surface area contributed by atoms with Crippen molar-refractivity contribution in [2.24, 2.45) is 11.3 Å². The molecule has 0 saturated heterocycles. The molecule has 6 heteroatoms. The lowest BCUT2D eigenvalue weighted by molar-refractivity contribution is 0.0697. The third kappa shape index (κ3) is 4.74. The molecule has 2 aromatic carbocycles. The van der Waals surface area contributed by atoms with E-state index in [0.29, 0.717) is 17.5 Å². The molecular formula is C26H33N3O3. The second-order valence-corrected chi connectivity index (χ2v) is 10.2. The van der Waals surface area contributed by atoms with Gasteiger partial charge in [-0.25, -0.2) is 9.78 Å². The zero-order chi connectivity index (χ0) is 23.0. The van der Waals surface area contributed by atoms with E-state index in [-0.39, 0.29) is 17.1 Å². The molecular weight excluding hydrogens is 402 g/mol. The number of carbonyl (C=O) groups is 1. The molecule has 3 aromatic rings. The molecule has 32 heavy (non-hydrogen) atoms. The molecule has 1 heterocycles. The zero-order valence-electron chi connectivity index (χ0n) is 19.6. The number of fused-ring (bicyclic) bond motifs is 1. The Morgan fingerprint density at radius 1 is 1.19 bits per heavy atom. The summed E-state index contributed by atoms with van der Waals surface area (Å²) in [5.41, 5.74) is 3.07. The number of benzene rings is 2. The van der Waals surface area contributed by atoms with Crippen molar-refractivity contribution >= 4 is 28.6 Å². The molecule has 2 N–H and O–H groups in total. The fourth-order valence-corrected chi connectivity index (χ4v) is 5.20. The van der Waals surface area contributed by atoms with E-state index in [1.165, 1.54) is 6.42 Å². The molecule has 2 atom stereocenters. The SMILES string of the molecule is CC1CC(n2c(Nc3ccc(OC(C)C)cc3)nc3cc(C(=O)O)ccc32)CC(C)(C)C1. The number of hydrogen-bond acceptors (Lipinski definition) is 4. The number of aromatic nitrogens is 2. The molecule has 6 nitrogen and oxygen atoms in total. The third-order valence-electron chi connectivity index (χ3n) is 6.15. The summed E-state index contributed by atoms with van der Waals surface area (Å²) < 4.78 is 8.03. The summed E-state index contributed by atoms with van der Waals surface area (Å²) in [4.78, 5) is 16.3. The minimum atomic E-state index is -0.941. The largest absolute Gasteiger partial charge is 0.491 e. The summed E-state index contributed by atoms with van der Waals surface area (Å²) in [6, 6.07) is 13.4. The summed E-state index contributed by atoms with van der Waals surface area (Å²) >= 11 is 0. The second kappa shape index (κ2) is 8.49. The molecule has 0 radical (unpaired) electrons. The summed E-state index contributed by atoms with van der Waals surface area (Å²) in [6.07, 6.45) is 3.46. The van der Waals surface area contributed by atoms with Crippen LogP contribution in [0.2, 0.25) is 0 Å². The van der Waals surface area contributed by atoms with Crippen LogP contribution in [-0.4, -0.2) is 26.7 Å². The van der Waals surface area contributed by atoms with Gasteiger partial charge in [-0.15, -0.1) is 0 Å². The van der Waals surface area contributed by atoms with Crippen LogP contribution >= 0.6 is 0 Å². The van der Waals surface area contributed by atoms with Crippen molar-refractivity contribution in [3.63, 3.8) is 0 Å². The maximum atomic E-state index is 11.5. The van der Waals surface area contributed by atoms with Gasteiger partial charge in [-0.2, -0.15) is 0 Å². The van der Waals surface area contributed by atoms with Gasteiger partial charge in [0.15, 0.2) is 0 Å². The first kappa shape index (κ1) is 22.2.